The van der Waals surface area contributed by atoms with E-state index >= 15 is 0 Å². The van der Waals surface area contributed by atoms with E-state index < -0.39 is 71.2 Å². The van der Waals surface area contributed by atoms with Crippen LogP contribution in [0, 0.1) is 0 Å². The molecule has 3 heterocycles. The van der Waals surface area contributed by atoms with E-state index in [4.69, 9.17) is 14.9 Å². The summed E-state index contributed by atoms with van der Waals surface area (Å²) in [6.07, 6.45) is -13.8. The maximum absolute atomic E-state index is 13.6. The molecule has 4 bridgehead atoms. The number of rotatable bonds is 0. The molecule has 8 nitrogen and oxygen atoms in total. The van der Waals surface area contributed by atoms with Gasteiger partial charge in [-0.3, -0.25) is 0 Å². The summed E-state index contributed by atoms with van der Waals surface area (Å²) >= 11 is 0. The Bertz CT molecular complexity index is 948. The zero-order valence-corrected chi connectivity index (χ0v) is 16.0. The summed E-state index contributed by atoms with van der Waals surface area (Å²) in [5.74, 6) is -2.91. The summed E-state index contributed by atoms with van der Waals surface area (Å²) < 4.78 is 91.1. The molecule has 0 amide bonds. The van der Waals surface area contributed by atoms with Crippen LogP contribution in [0.25, 0.3) is 11.6 Å². The Hall–Kier alpha value is -2.61. The van der Waals surface area contributed by atoms with Crippen LogP contribution in [0.3, 0.4) is 0 Å². The SMILES string of the molecule is C[C@H]1Oc2nc(c(N)cc2C(F)(F)F)-c2nnc(o2)[C@@](O)(C(F)(F)F)CCCCC1O. The van der Waals surface area contributed by atoms with Gasteiger partial charge < -0.3 is 25.1 Å². The largest absolute Gasteiger partial charge is 0.471 e. The molecule has 0 aromatic carbocycles. The highest BCUT2D eigenvalue weighted by Crippen LogP contribution is 2.44. The first-order valence-corrected chi connectivity index (χ1v) is 9.10. The minimum absolute atomic E-state index is 0.000789. The van der Waals surface area contributed by atoms with Gasteiger partial charge in [-0.25, -0.2) is 4.98 Å². The molecule has 31 heavy (non-hydrogen) atoms. The van der Waals surface area contributed by atoms with Gasteiger partial charge >= 0.3 is 12.4 Å². The third-order valence-electron chi connectivity index (χ3n) is 4.90. The number of nitrogens with two attached hydrogens (primary N) is 1. The molecule has 0 saturated heterocycles. The van der Waals surface area contributed by atoms with Crippen molar-refractivity contribution in [1.29, 1.82) is 0 Å². The second kappa shape index (κ2) is 7.82. The molecule has 0 aliphatic carbocycles. The number of halogens is 6. The predicted molar refractivity (Wildman–Crippen MR) is 91.5 cm³/mol. The van der Waals surface area contributed by atoms with Crippen molar-refractivity contribution in [2.24, 2.45) is 0 Å². The molecule has 14 heteroatoms. The van der Waals surface area contributed by atoms with Gasteiger partial charge in [-0.05, 0) is 32.3 Å². The van der Waals surface area contributed by atoms with E-state index in [0.29, 0.717) is 6.07 Å². The topological polar surface area (TPSA) is 128 Å². The molecular weight excluding hydrogens is 438 g/mol. The Morgan fingerprint density at radius 2 is 1.84 bits per heavy atom. The van der Waals surface area contributed by atoms with E-state index in [1.54, 1.807) is 0 Å². The lowest BCUT2D eigenvalue weighted by atomic mass is 9.94. The summed E-state index contributed by atoms with van der Waals surface area (Å²) in [6, 6.07) is 0.461. The van der Waals surface area contributed by atoms with Crippen LogP contribution in [0.4, 0.5) is 32.0 Å². The van der Waals surface area contributed by atoms with Crippen LogP contribution in [0.1, 0.15) is 44.1 Å². The highest BCUT2D eigenvalue weighted by atomic mass is 19.4. The van der Waals surface area contributed by atoms with Crippen molar-refractivity contribution in [2.75, 3.05) is 5.73 Å². The van der Waals surface area contributed by atoms with Crippen LogP contribution in [0.15, 0.2) is 10.5 Å². The third kappa shape index (κ3) is 4.39. The second-order valence-electron chi connectivity index (χ2n) is 7.18. The summed E-state index contributed by atoms with van der Waals surface area (Å²) in [5.41, 5.74) is -0.437. The summed E-state index contributed by atoms with van der Waals surface area (Å²) in [4.78, 5) is 3.63. The van der Waals surface area contributed by atoms with E-state index in [1.165, 1.54) is 6.92 Å². The number of ether oxygens (including phenoxy) is 1. The first kappa shape index (κ1) is 23.1. The number of aliphatic hydroxyl groups is 2. The number of aromatic nitrogens is 3. The first-order chi connectivity index (χ1) is 14.2. The van der Waals surface area contributed by atoms with Crippen LogP contribution in [0.2, 0.25) is 0 Å². The fourth-order valence-electron chi connectivity index (χ4n) is 3.06. The van der Waals surface area contributed by atoms with Crippen LogP contribution in [-0.2, 0) is 11.8 Å². The zero-order chi connectivity index (χ0) is 23.2. The lowest BCUT2D eigenvalue weighted by Gasteiger charge is -2.27. The highest BCUT2D eigenvalue weighted by molar-refractivity contribution is 5.68. The molecule has 3 atom stereocenters. The smallest absolute Gasteiger partial charge is 0.426 e. The van der Waals surface area contributed by atoms with Crippen molar-refractivity contribution < 1.29 is 45.7 Å². The van der Waals surface area contributed by atoms with Crippen LogP contribution < -0.4 is 10.5 Å². The third-order valence-corrected chi connectivity index (χ3v) is 4.90. The quantitative estimate of drug-likeness (QED) is 0.516. The number of pyridine rings is 1. The molecule has 2 aromatic rings. The normalized spacial score (nSPS) is 25.6. The van der Waals surface area contributed by atoms with Gasteiger partial charge in [-0.15, -0.1) is 10.2 Å². The Labute approximate surface area is 171 Å². The number of nitrogen functional groups attached to an aromatic ring is 1. The number of alkyl halides is 6. The Kier molecular flexibility index (Phi) is 5.82. The minimum Gasteiger partial charge on any atom is -0.471 e. The molecule has 0 radical (unpaired) electrons. The van der Waals surface area contributed by atoms with Crippen LogP contribution in [0.5, 0.6) is 5.88 Å². The molecule has 2 aromatic heterocycles. The molecule has 3 rings (SSSR count). The Morgan fingerprint density at radius 3 is 2.45 bits per heavy atom. The number of anilines is 1. The van der Waals surface area contributed by atoms with Crippen molar-refractivity contribution in [1.82, 2.24) is 15.2 Å². The van der Waals surface area contributed by atoms with Crippen molar-refractivity contribution >= 4 is 5.69 Å². The first-order valence-electron chi connectivity index (χ1n) is 9.10. The molecule has 0 fully saturated rings. The number of hydrogen-bond donors (Lipinski definition) is 3. The molecule has 0 saturated carbocycles. The number of nitrogens with zero attached hydrogens (tertiary/aromatic N) is 3. The van der Waals surface area contributed by atoms with Gasteiger partial charge in [0.05, 0.1) is 11.8 Å². The molecule has 1 unspecified atom stereocenters. The van der Waals surface area contributed by atoms with Crippen molar-refractivity contribution in [2.45, 2.75) is 62.8 Å². The number of aliphatic hydroxyl groups excluding tert-OH is 1. The lowest BCUT2D eigenvalue weighted by Crippen LogP contribution is -2.42. The van der Waals surface area contributed by atoms with Gasteiger partial charge in [-0.2, -0.15) is 26.3 Å². The van der Waals surface area contributed by atoms with Gasteiger partial charge in [0.1, 0.15) is 11.7 Å². The van der Waals surface area contributed by atoms with Gasteiger partial charge in [0.25, 0.3) is 11.8 Å². The van der Waals surface area contributed by atoms with Crippen LogP contribution >= 0.6 is 0 Å². The molecule has 172 valence electrons. The molecule has 4 N–H and O–H groups in total. The van der Waals surface area contributed by atoms with Crippen molar-refractivity contribution in [3.05, 3.63) is 17.5 Å². The summed E-state index contributed by atoms with van der Waals surface area (Å²) in [6.45, 7) is 1.28. The second-order valence-corrected chi connectivity index (χ2v) is 7.18. The van der Waals surface area contributed by atoms with Gasteiger partial charge in [0, 0.05) is 0 Å². The van der Waals surface area contributed by atoms with Crippen molar-refractivity contribution in [3.8, 4) is 17.5 Å². The van der Waals surface area contributed by atoms with E-state index in [2.05, 4.69) is 15.2 Å². The van der Waals surface area contributed by atoms with Crippen LogP contribution in [-0.4, -0.2) is 43.8 Å². The Balaban J connectivity index is 2.19. The van der Waals surface area contributed by atoms with Gasteiger partial charge in [0.2, 0.25) is 11.5 Å². The van der Waals surface area contributed by atoms with Gasteiger partial charge in [-0.1, -0.05) is 6.42 Å². The zero-order valence-electron chi connectivity index (χ0n) is 16.0. The maximum atomic E-state index is 13.6. The lowest BCUT2D eigenvalue weighted by molar-refractivity contribution is -0.277. The number of hydrogen-bond acceptors (Lipinski definition) is 8. The molecule has 1 aliphatic heterocycles. The van der Waals surface area contributed by atoms with E-state index in [9.17, 15) is 36.6 Å². The average molecular weight is 456 g/mol. The minimum atomic E-state index is -5.19. The van der Waals surface area contributed by atoms with E-state index in [-0.39, 0.29) is 19.3 Å². The molecule has 1 aliphatic rings. The van der Waals surface area contributed by atoms with E-state index in [0.717, 1.165) is 0 Å². The average Bonchev–Trinajstić information content (AvgIpc) is 3.13. The molecule has 0 spiro atoms. The summed E-state index contributed by atoms with van der Waals surface area (Å²) in [7, 11) is 0. The maximum Gasteiger partial charge on any atom is 0.426 e. The van der Waals surface area contributed by atoms with Gasteiger partial charge in [0.15, 0.2) is 5.69 Å². The highest BCUT2D eigenvalue weighted by Gasteiger charge is 2.58. The van der Waals surface area contributed by atoms with Crippen molar-refractivity contribution in [3.63, 3.8) is 0 Å². The fraction of sp³-hybridized carbons (Fsp3) is 0.588. The molecular formula is C17H18F6N4O4. The Morgan fingerprint density at radius 1 is 1.16 bits per heavy atom. The van der Waals surface area contributed by atoms with E-state index in [1.807, 2.05) is 0 Å². The monoisotopic (exact) mass is 456 g/mol. The number of fused-ring (bicyclic) bond motifs is 5. The standard InChI is InChI=1S/C17H18F6N4O4/c1-7-10(28)4-2-3-5-15(29,17(21,22)23)14-27-26-13(31-14)11-9(24)6-8(16(18,19)20)12(25-11)30-7/h6-7,10,28-29H,2-5,24H2,1H3/t7-,10?,15-/m1/s1. The predicted octanol–water partition coefficient (Wildman–Crippen LogP) is 3.18. The fourth-order valence-corrected chi connectivity index (χ4v) is 3.06. The summed E-state index contributed by atoms with van der Waals surface area (Å²) in [5, 5.41) is 27.0.